The molecule has 5 nitrogen and oxygen atoms in total. The van der Waals surface area contributed by atoms with Crippen molar-refractivity contribution >= 4 is 28.3 Å². The van der Waals surface area contributed by atoms with Crippen LogP contribution >= 0.6 is 11.6 Å². The first kappa shape index (κ1) is 15.8. The summed E-state index contributed by atoms with van der Waals surface area (Å²) >= 11 is 5.83. The molecule has 0 bridgehead atoms. The van der Waals surface area contributed by atoms with Crippen LogP contribution in [0.2, 0.25) is 0 Å². The standard InChI is InChI=1S/C17H17ClN2O3/c18-14(16(21)23-20)15(19)12-8-17(22,9-12)13-6-5-10-3-1-2-4-11(10)7-13/h1-7,12,22H,8-9,19-20H2. The Balaban J connectivity index is 1.81. The quantitative estimate of drug-likeness (QED) is 0.591. The van der Waals surface area contributed by atoms with Crippen LogP contribution in [0.5, 0.6) is 0 Å². The molecule has 1 fully saturated rings. The Bertz CT molecular complexity index is 797. The zero-order valence-electron chi connectivity index (χ0n) is 12.3. The molecule has 0 atom stereocenters. The highest BCUT2D eigenvalue weighted by molar-refractivity contribution is 6.41. The molecule has 6 heteroatoms. The van der Waals surface area contributed by atoms with Crippen molar-refractivity contribution in [1.29, 1.82) is 0 Å². The summed E-state index contributed by atoms with van der Waals surface area (Å²) in [5.74, 6) is 3.74. The van der Waals surface area contributed by atoms with Crippen molar-refractivity contribution in [3.05, 3.63) is 58.8 Å². The van der Waals surface area contributed by atoms with Gasteiger partial charge in [-0.15, -0.1) is 0 Å². The number of rotatable bonds is 3. The number of halogens is 1. The average Bonchev–Trinajstić information content (AvgIpc) is 2.56. The van der Waals surface area contributed by atoms with Gasteiger partial charge in [0.25, 0.3) is 0 Å². The monoisotopic (exact) mass is 332 g/mol. The van der Waals surface area contributed by atoms with E-state index in [0.29, 0.717) is 12.8 Å². The van der Waals surface area contributed by atoms with Gasteiger partial charge in [0.05, 0.1) is 5.60 Å². The molecule has 120 valence electrons. The first-order valence-corrected chi connectivity index (χ1v) is 7.60. The highest BCUT2D eigenvalue weighted by Gasteiger charge is 2.46. The smallest absolute Gasteiger partial charge is 0.370 e. The molecule has 23 heavy (non-hydrogen) atoms. The number of hydrogen-bond donors (Lipinski definition) is 3. The van der Waals surface area contributed by atoms with E-state index >= 15 is 0 Å². The maximum absolute atomic E-state index is 11.3. The first-order chi connectivity index (χ1) is 10.9. The van der Waals surface area contributed by atoms with Crippen molar-refractivity contribution in [1.82, 2.24) is 0 Å². The van der Waals surface area contributed by atoms with Gasteiger partial charge in [-0.3, -0.25) is 0 Å². The summed E-state index contributed by atoms with van der Waals surface area (Å²) in [6.07, 6.45) is 0.788. The molecule has 0 saturated heterocycles. The Kier molecular flexibility index (Phi) is 4.02. The Labute approximate surface area is 138 Å². The van der Waals surface area contributed by atoms with Crippen LogP contribution in [0.15, 0.2) is 53.2 Å². The molecular weight excluding hydrogens is 316 g/mol. The van der Waals surface area contributed by atoms with Gasteiger partial charge in [0.2, 0.25) is 0 Å². The number of fused-ring (bicyclic) bond motifs is 1. The molecule has 3 rings (SSSR count). The van der Waals surface area contributed by atoms with Gasteiger partial charge in [-0.2, -0.15) is 5.90 Å². The summed E-state index contributed by atoms with van der Waals surface area (Å²) in [5.41, 5.74) is 5.93. The van der Waals surface area contributed by atoms with E-state index in [4.69, 9.17) is 23.2 Å². The second kappa shape index (κ2) is 5.85. The lowest BCUT2D eigenvalue weighted by Crippen LogP contribution is -2.43. The van der Waals surface area contributed by atoms with Crippen LogP contribution in [0.1, 0.15) is 18.4 Å². The zero-order valence-corrected chi connectivity index (χ0v) is 13.1. The van der Waals surface area contributed by atoms with Crippen molar-refractivity contribution in [3.63, 3.8) is 0 Å². The minimum absolute atomic E-state index is 0.182. The fourth-order valence-corrected chi connectivity index (χ4v) is 3.24. The Morgan fingerprint density at radius 1 is 1.22 bits per heavy atom. The molecule has 0 radical (unpaired) electrons. The highest BCUT2D eigenvalue weighted by Crippen LogP contribution is 2.48. The Morgan fingerprint density at radius 3 is 2.52 bits per heavy atom. The molecule has 1 aliphatic rings. The molecule has 0 amide bonds. The molecule has 2 aromatic rings. The van der Waals surface area contributed by atoms with E-state index in [1.807, 2.05) is 42.5 Å². The average molecular weight is 333 g/mol. The zero-order chi connectivity index (χ0) is 16.6. The van der Waals surface area contributed by atoms with Crippen molar-refractivity contribution in [2.45, 2.75) is 18.4 Å². The predicted molar refractivity (Wildman–Crippen MR) is 87.9 cm³/mol. The Morgan fingerprint density at radius 2 is 1.87 bits per heavy atom. The number of nitrogens with two attached hydrogens (primary N) is 2. The highest BCUT2D eigenvalue weighted by atomic mass is 35.5. The van der Waals surface area contributed by atoms with Gasteiger partial charge < -0.3 is 15.7 Å². The molecular formula is C17H17ClN2O3. The molecule has 1 aliphatic carbocycles. The summed E-state index contributed by atoms with van der Waals surface area (Å²) in [7, 11) is 0. The topological polar surface area (TPSA) is 98.6 Å². The van der Waals surface area contributed by atoms with E-state index in [0.717, 1.165) is 16.3 Å². The maximum Gasteiger partial charge on any atom is 0.370 e. The third-order valence-corrected chi connectivity index (χ3v) is 4.81. The van der Waals surface area contributed by atoms with Gasteiger partial charge in [-0.1, -0.05) is 48.0 Å². The minimum atomic E-state index is -0.969. The summed E-state index contributed by atoms with van der Waals surface area (Å²) < 4.78 is 0. The number of benzene rings is 2. The molecule has 1 saturated carbocycles. The normalized spacial score (nSPS) is 24.7. The third-order valence-electron chi connectivity index (χ3n) is 4.43. The van der Waals surface area contributed by atoms with E-state index in [-0.39, 0.29) is 16.6 Å². The lowest BCUT2D eigenvalue weighted by atomic mass is 9.66. The van der Waals surface area contributed by atoms with Gasteiger partial charge in [0.1, 0.15) is 5.03 Å². The molecule has 5 N–H and O–H groups in total. The lowest BCUT2D eigenvalue weighted by Gasteiger charge is -2.44. The molecule has 0 spiro atoms. The van der Waals surface area contributed by atoms with E-state index in [2.05, 4.69) is 4.84 Å². The first-order valence-electron chi connectivity index (χ1n) is 7.22. The second-order valence-electron chi connectivity index (χ2n) is 5.87. The van der Waals surface area contributed by atoms with E-state index in [1.54, 1.807) is 0 Å². The summed E-state index contributed by atoms with van der Waals surface area (Å²) in [6, 6.07) is 13.8. The second-order valence-corrected chi connectivity index (χ2v) is 6.25. The number of hydrogen-bond acceptors (Lipinski definition) is 5. The van der Waals surface area contributed by atoms with Crippen LogP contribution in [-0.4, -0.2) is 11.1 Å². The maximum atomic E-state index is 11.3. The summed E-state index contributed by atoms with van der Waals surface area (Å²) in [5, 5.41) is 12.7. The van der Waals surface area contributed by atoms with Gasteiger partial charge in [0, 0.05) is 11.6 Å². The van der Waals surface area contributed by atoms with Crippen LogP contribution in [0, 0.1) is 5.92 Å². The number of carbonyl (C=O) groups excluding carboxylic acids is 1. The van der Waals surface area contributed by atoms with Crippen molar-refractivity contribution in [2.24, 2.45) is 17.5 Å². The van der Waals surface area contributed by atoms with Crippen LogP contribution < -0.4 is 11.6 Å². The summed E-state index contributed by atoms with van der Waals surface area (Å²) in [4.78, 5) is 15.4. The van der Waals surface area contributed by atoms with Crippen LogP contribution in [-0.2, 0) is 15.2 Å². The fraction of sp³-hybridized carbons (Fsp3) is 0.235. The molecule has 0 aliphatic heterocycles. The number of allylic oxidation sites excluding steroid dienone is 1. The van der Waals surface area contributed by atoms with E-state index in [1.165, 1.54) is 0 Å². The molecule has 2 aromatic carbocycles. The van der Waals surface area contributed by atoms with Crippen molar-refractivity contribution in [2.75, 3.05) is 0 Å². The van der Waals surface area contributed by atoms with Gasteiger partial charge in [-0.25, -0.2) is 4.79 Å². The SMILES string of the molecule is NOC(=O)C(Cl)=C(N)C1CC(O)(c2ccc3ccccc3c2)C1. The van der Waals surface area contributed by atoms with Gasteiger partial charge in [0.15, 0.2) is 0 Å². The van der Waals surface area contributed by atoms with Crippen LogP contribution in [0.4, 0.5) is 0 Å². The predicted octanol–water partition coefficient (Wildman–Crippen LogP) is 2.26. The van der Waals surface area contributed by atoms with E-state index in [9.17, 15) is 9.90 Å². The van der Waals surface area contributed by atoms with Gasteiger partial charge >= 0.3 is 5.97 Å². The third kappa shape index (κ3) is 2.79. The summed E-state index contributed by atoms with van der Waals surface area (Å²) in [6.45, 7) is 0. The van der Waals surface area contributed by atoms with Crippen molar-refractivity contribution in [3.8, 4) is 0 Å². The fourth-order valence-electron chi connectivity index (χ4n) is 3.04. The van der Waals surface area contributed by atoms with Crippen molar-refractivity contribution < 1.29 is 14.7 Å². The van der Waals surface area contributed by atoms with Crippen LogP contribution in [0.25, 0.3) is 10.8 Å². The Hall–Kier alpha value is -2.08. The van der Waals surface area contributed by atoms with Crippen LogP contribution in [0.3, 0.4) is 0 Å². The lowest BCUT2D eigenvalue weighted by molar-refractivity contribution is -0.139. The number of aliphatic hydroxyl groups is 1. The molecule has 0 aromatic heterocycles. The van der Waals surface area contributed by atoms with E-state index < -0.39 is 11.6 Å². The molecule has 0 unspecified atom stereocenters. The molecule has 0 heterocycles. The number of carbonyl (C=O) groups is 1. The minimum Gasteiger partial charge on any atom is -0.400 e. The largest absolute Gasteiger partial charge is 0.400 e. The van der Waals surface area contributed by atoms with Gasteiger partial charge in [-0.05, 0) is 35.2 Å².